The summed E-state index contributed by atoms with van der Waals surface area (Å²) < 4.78 is 0. The van der Waals surface area contributed by atoms with Crippen LogP contribution < -0.4 is 16.5 Å². The molecular weight excluding hydrogens is 418 g/mol. The number of allylic oxidation sites excluding steroid dienone is 4. The molecule has 2 heterocycles. The minimum Gasteiger partial charge on any atom is -0.402 e. The van der Waals surface area contributed by atoms with Crippen molar-refractivity contribution in [1.82, 2.24) is 15.8 Å². The van der Waals surface area contributed by atoms with Crippen LogP contribution in [-0.4, -0.2) is 29.8 Å². The summed E-state index contributed by atoms with van der Waals surface area (Å²) in [6.07, 6.45) is 10.8. The highest BCUT2D eigenvalue weighted by Gasteiger charge is 2.24. The lowest BCUT2D eigenvalue weighted by Crippen LogP contribution is -2.36. The first-order valence-corrected chi connectivity index (χ1v) is 11.6. The van der Waals surface area contributed by atoms with Gasteiger partial charge in [0, 0.05) is 28.1 Å². The number of carbonyl (C=O) groups excluding carboxylic acids is 1. The van der Waals surface area contributed by atoms with Crippen LogP contribution in [0.15, 0.2) is 77.0 Å². The predicted octanol–water partition coefficient (Wildman–Crippen LogP) is 4.91. The van der Waals surface area contributed by atoms with E-state index in [-0.39, 0.29) is 18.1 Å². The first kappa shape index (κ1) is 27.1. The number of amidine groups is 1. The lowest BCUT2D eigenvalue weighted by atomic mass is 10.1. The number of nitrogens with one attached hydrogen (secondary N) is 2. The number of thiophene rings is 1. The third kappa shape index (κ3) is 8.32. The molecule has 2 rings (SSSR count). The van der Waals surface area contributed by atoms with Crippen molar-refractivity contribution in [2.75, 3.05) is 7.05 Å². The van der Waals surface area contributed by atoms with Gasteiger partial charge in [-0.3, -0.25) is 9.80 Å². The lowest BCUT2D eigenvalue weighted by Gasteiger charge is -2.16. The van der Waals surface area contributed by atoms with E-state index in [1.807, 2.05) is 64.1 Å². The Hall–Kier alpha value is -2.90. The predicted molar refractivity (Wildman–Crippen MR) is 138 cm³/mol. The summed E-state index contributed by atoms with van der Waals surface area (Å²) in [5, 5.41) is 4.79. The van der Waals surface area contributed by atoms with Crippen molar-refractivity contribution in [2.24, 2.45) is 10.7 Å². The second-order valence-corrected chi connectivity index (χ2v) is 8.49. The van der Waals surface area contributed by atoms with Crippen molar-refractivity contribution in [3.63, 3.8) is 0 Å². The van der Waals surface area contributed by atoms with Gasteiger partial charge in [-0.15, -0.1) is 11.3 Å². The van der Waals surface area contributed by atoms with Crippen LogP contribution in [0.3, 0.4) is 0 Å². The summed E-state index contributed by atoms with van der Waals surface area (Å²) in [5.41, 5.74) is 10.9. The molecule has 6 nitrogen and oxygen atoms in total. The number of rotatable bonds is 8. The monoisotopic (exact) mass is 455 g/mol. The van der Waals surface area contributed by atoms with E-state index in [0.717, 1.165) is 10.5 Å². The van der Waals surface area contributed by atoms with Crippen molar-refractivity contribution >= 4 is 23.1 Å². The molecule has 1 amide bonds. The zero-order valence-corrected chi connectivity index (χ0v) is 21.1. The van der Waals surface area contributed by atoms with Gasteiger partial charge in [0.05, 0.1) is 6.04 Å². The molecule has 0 saturated carbocycles. The maximum atomic E-state index is 12.9. The normalized spacial score (nSPS) is 17.9. The Morgan fingerprint density at radius 2 is 2.06 bits per heavy atom. The summed E-state index contributed by atoms with van der Waals surface area (Å²) >= 11 is 1.70. The van der Waals surface area contributed by atoms with Gasteiger partial charge in [0.25, 0.3) is 5.91 Å². The smallest absolute Gasteiger partial charge is 0.251 e. The minimum absolute atomic E-state index is 0.164. The molecule has 4 N–H and O–H groups in total. The second-order valence-electron chi connectivity index (χ2n) is 7.17. The molecule has 2 atom stereocenters. The van der Waals surface area contributed by atoms with E-state index in [0.29, 0.717) is 17.1 Å². The van der Waals surface area contributed by atoms with Crippen molar-refractivity contribution in [3.05, 3.63) is 81.8 Å². The van der Waals surface area contributed by atoms with Crippen LogP contribution >= 0.6 is 11.3 Å². The van der Waals surface area contributed by atoms with Gasteiger partial charge in [-0.2, -0.15) is 0 Å². The number of hydrazine groups is 1. The second kappa shape index (κ2) is 13.5. The van der Waals surface area contributed by atoms with Gasteiger partial charge in [0.15, 0.2) is 6.17 Å². The van der Waals surface area contributed by atoms with E-state index >= 15 is 0 Å². The number of likely N-dealkylation sites (N-methyl/N-ethyl adjacent to an activating group) is 1. The van der Waals surface area contributed by atoms with Crippen LogP contribution in [0, 0.1) is 6.92 Å². The summed E-state index contributed by atoms with van der Waals surface area (Å²) in [6, 6.07) is 3.91. The fourth-order valence-corrected chi connectivity index (χ4v) is 3.58. The topological polar surface area (TPSA) is 82.8 Å². The Kier molecular flexibility index (Phi) is 11.4. The van der Waals surface area contributed by atoms with Gasteiger partial charge >= 0.3 is 0 Å². The van der Waals surface area contributed by atoms with Crippen LogP contribution in [0.4, 0.5) is 0 Å². The molecule has 0 saturated heterocycles. The minimum atomic E-state index is -0.237. The standard InChI is InChI=1S/C23H31N5OS.C2H6/c1-7-8-9-10-15(2)18(5)25-23(29)19(13-16(3)24)14-21-26-22(27-28(21)6)20-12-11-17(4)30-20;1-2/h7-14,18,22,27H,2,24H2,1,3-6H3,(H,25,29);1-2H3/b8-7-,10-9-,16-13+,19-14+;. The number of aliphatic imine (C=N–C) groups is 1. The Balaban J connectivity index is 0.00000249. The summed E-state index contributed by atoms with van der Waals surface area (Å²) in [4.78, 5) is 20.0. The van der Waals surface area contributed by atoms with E-state index < -0.39 is 0 Å². The van der Waals surface area contributed by atoms with Gasteiger partial charge in [-0.25, -0.2) is 10.4 Å². The molecule has 1 aromatic heterocycles. The number of nitrogens with zero attached hydrogens (tertiary/aromatic N) is 2. The fraction of sp³-hybridized carbons (Fsp3) is 0.360. The van der Waals surface area contributed by atoms with Crippen LogP contribution in [0.1, 0.15) is 50.5 Å². The first-order chi connectivity index (χ1) is 15.2. The van der Waals surface area contributed by atoms with E-state index in [4.69, 9.17) is 10.7 Å². The van der Waals surface area contributed by atoms with Gasteiger partial charge in [-0.1, -0.05) is 44.7 Å². The molecule has 1 aliphatic rings. The van der Waals surface area contributed by atoms with Crippen LogP contribution in [0.5, 0.6) is 0 Å². The zero-order valence-electron chi connectivity index (χ0n) is 20.3. The van der Waals surface area contributed by atoms with Crippen molar-refractivity contribution in [2.45, 2.75) is 53.8 Å². The molecule has 7 heteroatoms. The van der Waals surface area contributed by atoms with E-state index in [1.54, 1.807) is 30.4 Å². The molecule has 1 aliphatic heterocycles. The molecular formula is C25H37N5OS. The third-order valence-corrected chi connectivity index (χ3v) is 5.45. The Morgan fingerprint density at radius 1 is 1.38 bits per heavy atom. The van der Waals surface area contributed by atoms with Gasteiger partial charge < -0.3 is 11.1 Å². The number of carbonyl (C=O) groups is 1. The van der Waals surface area contributed by atoms with E-state index in [9.17, 15) is 4.79 Å². The van der Waals surface area contributed by atoms with Crippen molar-refractivity contribution in [3.8, 4) is 0 Å². The highest BCUT2D eigenvalue weighted by atomic mass is 32.1. The summed E-state index contributed by atoms with van der Waals surface area (Å²) in [7, 11) is 1.88. The highest BCUT2D eigenvalue weighted by Crippen LogP contribution is 2.27. The molecule has 2 unspecified atom stereocenters. The zero-order chi connectivity index (χ0) is 24.3. The maximum Gasteiger partial charge on any atom is 0.251 e. The van der Waals surface area contributed by atoms with Crippen LogP contribution in [-0.2, 0) is 4.79 Å². The van der Waals surface area contributed by atoms with Crippen molar-refractivity contribution in [1.29, 1.82) is 0 Å². The molecule has 0 aliphatic carbocycles. The number of hydrogen-bond acceptors (Lipinski definition) is 6. The highest BCUT2D eigenvalue weighted by molar-refractivity contribution is 7.12. The Bertz CT molecular complexity index is 932. The Morgan fingerprint density at radius 3 is 2.62 bits per heavy atom. The molecule has 1 aromatic rings. The number of aryl methyl sites for hydroxylation is 1. The van der Waals surface area contributed by atoms with Gasteiger partial charge in [-0.05, 0) is 57.6 Å². The van der Waals surface area contributed by atoms with Crippen LogP contribution in [0.25, 0.3) is 0 Å². The molecule has 0 spiro atoms. The molecule has 0 aromatic carbocycles. The Labute approximate surface area is 197 Å². The fourth-order valence-electron chi connectivity index (χ4n) is 2.72. The first-order valence-electron chi connectivity index (χ1n) is 10.8. The number of nitrogens with two attached hydrogens (primary N) is 1. The lowest BCUT2D eigenvalue weighted by molar-refractivity contribution is -0.117. The average Bonchev–Trinajstić information content (AvgIpc) is 3.34. The third-order valence-electron chi connectivity index (χ3n) is 4.40. The SMILES string of the molecule is C=C(/C=C\C=C/C)C(C)NC(=O)C(/C=C(\C)N)=C/C1=NC(c2ccc(C)s2)NN1C.CC. The van der Waals surface area contributed by atoms with Gasteiger partial charge in [0.1, 0.15) is 5.84 Å². The number of hydrogen-bond donors (Lipinski definition) is 3. The summed E-state index contributed by atoms with van der Waals surface area (Å²) in [5.74, 6) is 0.424. The van der Waals surface area contributed by atoms with Crippen molar-refractivity contribution < 1.29 is 4.79 Å². The quantitative estimate of drug-likeness (QED) is 0.384. The molecule has 32 heavy (non-hydrogen) atoms. The molecule has 0 fully saturated rings. The summed E-state index contributed by atoms with van der Waals surface area (Å²) in [6.45, 7) is 15.7. The van der Waals surface area contributed by atoms with Gasteiger partial charge in [0.2, 0.25) is 0 Å². The average molecular weight is 456 g/mol. The number of amides is 1. The molecule has 0 radical (unpaired) electrons. The van der Waals surface area contributed by atoms with Crippen LogP contribution in [0.2, 0.25) is 0 Å². The molecule has 174 valence electrons. The largest absolute Gasteiger partial charge is 0.402 e. The maximum absolute atomic E-state index is 12.9. The van der Waals surface area contributed by atoms with E-state index in [2.05, 4.69) is 36.4 Å². The van der Waals surface area contributed by atoms with E-state index in [1.165, 1.54) is 4.88 Å². The molecule has 0 bridgehead atoms.